The van der Waals surface area contributed by atoms with Gasteiger partial charge in [0.2, 0.25) is 5.75 Å². The molecule has 0 aromatic carbocycles. The maximum atomic E-state index is 5.52. The van der Waals surface area contributed by atoms with Crippen molar-refractivity contribution in [2.75, 3.05) is 14.2 Å². The number of aromatic nitrogens is 2. The van der Waals surface area contributed by atoms with Crippen LogP contribution in [0, 0.1) is 11.3 Å². The molecule has 4 heteroatoms. The second kappa shape index (κ2) is 5.04. The van der Waals surface area contributed by atoms with E-state index in [4.69, 9.17) is 14.5 Å². The first-order chi connectivity index (χ1) is 10.4. The highest BCUT2D eigenvalue weighted by Gasteiger charge is 2.33. The van der Waals surface area contributed by atoms with Crippen LogP contribution in [0.15, 0.2) is 18.8 Å². The van der Waals surface area contributed by atoms with Crippen LogP contribution in [0.4, 0.5) is 0 Å². The van der Waals surface area contributed by atoms with Gasteiger partial charge >= 0.3 is 0 Å². The highest BCUT2D eigenvalue weighted by Crippen LogP contribution is 2.43. The molecule has 1 atom stereocenters. The van der Waals surface area contributed by atoms with Gasteiger partial charge in [-0.25, -0.2) is 4.98 Å². The molecule has 4 nitrogen and oxygen atoms in total. The molecule has 0 saturated carbocycles. The molecule has 2 heterocycles. The predicted octanol–water partition coefficient (Wildman–Crippen LogP) is 3.97. The third kappa shape index (κ3) is 2.18. The number of hydrogen-bond donors (Lipinski definition) is 0. The van der Waals surface area contributed by atoms with Gasteiger partial charge in [0.15, 0.2) is 11.4 Å². The molecule has 118 valence electrons. The highest BCUT2D eigenvalue weighted by molar-refractivity contribution is 5.72. The van der Waals surface area contributed by atoms with Gasteiger partial charge in [-0.2, -0.15) is 0 Å². The predicted molar refractivity (Wildman–Crippen MR) is 88.6 cm³/mol. The molecule has 0 aliphatic heterocycles. The maximum Gasteiger partial charge on any atom is 0.204 e. The van der Waals surface area contributed by atoms with Gasteiger partial charge in [-0.15, -0.1) is 0 Å². The zero-order chi connectivity index (χ0) is 16.1. The first-order valence-electron chi connectivity index (χ1n) is 7.67. The third-order valence-electron chi connectivity index (χ3n) is 4.73. The highest BCUT2D eigenvalue weighted by atomic mass is 16.5. The van der Waals surface area contributed by atoms with Crippen LogP contribution in [-0.4, -0.2) is 23.6 Å². The molecule has 1 aliphatic carbocycles. The van der Waals surface area contributed by atoms with E-state index in [0.717, 1.165) is 29.8 Å². The molecule has 3 rings (SSSR count). The molecule has 2 aromatic rings. The lowest BCUT2D eigenvalue weighted by Gasteiger charge is -2.34. The van der Waals surface area contributed by atoms with Crippen molar-refractivity contribution in [2.45, 2.75) is 33.6 Å². The van der Waals surface area contributed by atoms with Crippen LogP contribution >= 0.6 is 0 Å². The van der Waals surface area contributed by atoms with E-state index in [-0.39, 0.29) is 5.41 Å². The summed E-state index contributed by atoms with van der Waals surface area (Å²) in [4.78, 5) is 4.79. The SMILES string of the molecule is C=C1CC(C(C)(C)C)Cc2c1nc1c(OC)c(OC)ccn21. The Hall–Kier alpha value is -1.97. The molecule has 1 unspecified atom stereocenters. The molecule has 0 bridgehead atoms. The van der Waals surface area contributed by atoms with Crippen molar-refractivity contribution in [1.82, 2.24) is 9.38 Å². The van der Waals surface area contributed by atoms with Gasteiger partial charge in [-0.3, -0.25) is 0 Å². The van der Waals surface area contributed by atoms with Gasteiger partial charge in [0.25, 0.3) is 0 Å². The Morgan fingerprint density at radius 3 is 2.55 bits per heavy atom. The number of allylic oxidation sites excluding steroid dienone is 1. The Balaban J connectivity index is 2.20. The Bertz CT molecular complexity index is 738. The molecule has 1 aliphatic rings. The standard InChI is InChI=1S/C18H24N2O2/c1-11-9-12(18(2,3)4)10-13-15(11)19-17-16(22-6)14(21-5)7-8-20(13)17/h7-8,12H,1,9-10H2,2-6H3. The number of fused-ring (bicyclic) bond motifs is 3. The van der Waals surface area contributed by atoms with Crippen molar-refractivity contribution in [1.29, 1.82) is 0 Å². The molecule has 0 N–H and O–H groups in total. The van der Waals surface area contributed by atoms with Crippen molar-refractivity contribution in [3.05, 3.63) is 30.2 Å². The fourth-order valence-corrected chi connectivity index (χ4v) is 3.26. The minimum Gasteiger partial charge on any atom is -0.493 e. The normalized spacial score (nSPS) is 18.4. The maximum absolute atomic E-state index is 5.52. The average Bonchev–Trinajstić information content (AvgIpc) is 2.84. The lowest BCUT2D eigenvalue weighted by atomic mass is 9.71. The summed E-state index contributed by atoms with van der Waals surface area (Å²) < 4.78 is 13.0. The number of nitrogens with zero attached hydrogens (tertiary/aromatic N) is 2. The van der Waals surface area contributed by atoms with E-state index in [9.17, 15) is 0 Å². The molecule has 0 spiro atoms. The van der Waals surface area contributed by atoms with Crippen LogP contribution in [-0.2, 0) is 6.42 Å². The van der Waals surface area contributed by atoms with Crippen LogP contribution in [0.2, 0.25) is 0 Å². The van der Waals surface area contributed by atoms with Gasteiger partial charge in [0, 0.05) is 12.3 Å². The monoisotopic (exact) mass is 300 g/mol. The number of hydrogen-bond acceptors (Lipinski definition) is 3. The summed E-state index contributed by atoms with van der Waals surface area (Å²) in [7, 11) is 3.30. The Morgan fingerprint density at radius 1 is 1.23 bits per heavy atom. The quantitative estimate of drug-likeness (QED) is 0.842. The van der Waals surface area contributed by atoms with Gasteiger partial charge in [0.1, 0.15) is 0 Å². The van der Waals surface area contributed by atoms with E-state index in [2.05, 4.69) is 31.8 Å². The van der Waals surface area contributed by atoms with Crippen molar-refractivity contribution in [3.63, 3.8) is 0 Å². The average molecular weight is 300 g/mol. The van der Waals surface area contributed by atoms with Crippen LogP contribution in [0.3, 0.4) is 0 Å². The fraction of sp³-hybridized carbons (Fsp3) is 0.500. The summed E-state index contributed by atoms with van der Waals surface area (Å²) in [6.07, 6.45) is 4.02. The first-order valence-corrected chi connectivity index (χ1v) is 7.67. The van der Waals surface area contributed by atoms with Crippen LogP contribution in [0.1, 0.15) is 38.6 Å². The Morgan fingerprint density at radius 2 is 1.95 bits per heavy atom. The summed E-state index contributed by atoms with van der Waals surface area (Å²) >= 11 is 0. The minimum atomic E-state index is 0.251. The van der Waals surface area contributed by atoms with Crippen LogP contribution < -0.4 is 9.47 Å². The summed E-state index contributed by atoms with van der Waals surface area (Å²) in [6.45, 7) is 11.1. The Labute approximate surface area is 131 Å². The molecular formula is C18H24N2O2. The van der Waals surface area contributed by atoms with Crippen LogP contribution in [0.25, 0.3) is 11.2 Å². The molecule has 0 saturated heterocycles. The lowest BCUT2D eigenvalue weighted by Crippen LogP contribution is -2.26. The molecule has 0 fully saturated rings. The van der Waals surface area contributed by atoms with E-state index in [1.54, 1.807) is 14.2 Å². The van der Waals surface area contributed by atoms with Gasteiger partial charge < -0.3 is 13.9 Å². The van der Waals surface area contributed by atoms with E-state index < -0.39 is 0 Å². The topological polar surface area (TPSA) is 35.8 Å². The van der Waals surface area contributed by atoms with E-state index in [1.165, 1.54) is 5.69 Å². The van der Waals surface area contributed by atoms with Crippen molar-refractivity contribution in [3.8, 4) is 11.5 Å². The molecule has 2 aromatic heterocycles. The number of ether oxygens (including phenoxy) is 2. The van der Waals surface area contributed by atoms with Crippen molar-refractivity contribution in [2.24, 2.45) is 11.3 Å². The van der Waals surface area contributed by atoms with Gasteiger partial charge in [0.05, 0.1) is 25.6 Å². The summed E-state index contributed by atoms with van der Waals surface area (Å²) in [5.74, 6) is 1.95. The smallest absolute Gasteiger partial charge is 0.204 e. The molecular weight excluding hydrogens is 276 g/mol. The summed E-state index contributed by atoms with van der Waals surface area (Å²) in [6, 6.07) is 1.93. The Kier molecular flexibility index (Phi) is 3.42. The number of imidazole rings is 1. The number of methoxy groups -OCH3 is 2. The first kappa shape index (κ1) is 14.9. The second-order valence-electron chi connectivity index (χ2n) is 7.09. The summed E-state index contributed by atoms with van der Waals surface area (Å²) in [5, 5.41) is 0. The zero-order valence-electron chi connectivity index (χ0n) is 14.1. The lowest BCUT2D eigenvalue weighted by molar-refractivity contribution is 0.237. The van der Waals surface area contributed by atoms with Gasteiger partial charge in [-0.1, -0.05) is 27.4 Å². The van der Waals surface area contributed by atoms with Crippen molar-refractivity contribution < 1.29 is 9.47 Å². The zero-order valence-corrected chi connectivity index (χ0v) is 14.1. The van der Waals surface area contributed by atoms with E-state index in [1.807, 2.05) is 12.3 Å². The van der Waals surface area contributed by atoms with Crippen LogP contribution in [0.5, 0.6) is 11.5 Å². The van der Waals surface area contributed by atoms with E-state index in [0.29, 0.717) is 17.4 Å². The molecule has 0 radical (unpaired) electrons. The number of pyridine rings is 1. The summed E-state index contributed by atoms with van der Waals surface area (Å²) in [5.41, 5.74) is 4.43. The fourth-order valence-electron chi connectivity index (χ4n) is 3.26. The third-order valence-corrected chi connectivity index (χ3v) is 4.73. The minimum absolute atomic E-state index is 0.251. The van der Waals surface area contributed by atoms with E-state index >= 15 is 0 Å². The number of rotatable bonds is 2. The van der Waals surface area contributed by atoms with Crippen molar-refractivity contribution >= 4 is 11.2 Å². The van der Waals surface area contributed by atoms with Gasteiger partial charge in [-0.05, 0) is 29.7 Å². The molecule has 0 amide bonds. The largest absolute Gasteiger partial charge is 0.493 e. The molecule has 22 heavy (non-hydrogen) atoms. The second-order valence-corrected chi connectivity index (χ2v) is 7.09.